The van der Waals surface area contributed by atoms with Gasteiger partial charge in [-0.15, -0.1) is 0 Å². The normalized spacial score (nSPS) is 19.3. The van der Waals surface area contributed by atoms with Crippen LogP contribution in [-0.4, -0.2) is 21.6 Å². The van der Waals surface area contributed by atoms with Gasteiger partial charge in [0.1, 0.15) is 0 Å². The number of nitrogens with zero attached hydrogens (tertiary/aromatic N) is 2. The maximum absolute atomic E-state index is 12.6. The van der Waals surface area contributed by atoms with Gasteiger partial charge in [0.25, 0.3) is 0 Å². The van der Waals surface area contributed by atoms with E-state index in [1.807, 2.05) is 28.7 Å². The van der Waals surface area contributed by atoms with E-state index >= 15 is 0 Å². The van der Waals surface area contributed by atoms with E-state index in [0.29, 0.717) is 13.0 Å². The summed E-state index contributed by atoms with van der Waals surface area (Å²) in [4.78, 5) is 6.49. The first kappa shape index (κ1) is 13.1. The fourth-order valence-corrected chi connectivity index (χ4v) is 4.05. The molecule has 2 aromatic heterocycles. The molecular weight excluding hydrogens is 299 g/mol. The summed E-state index contributed by atoms with van der Waals surface area (Å²) < 4.78 is 39.8. The minimum atomic E-state index is -4.14. The largest absolute Gasteiger partial charge is 0.390 e. The van der Waals surface area contributed by atoms with E-state index in [0.717, 1.165) is 26.6 Å². The lowest BCUT2D eigenvalue weighted by molar-refractivity contribution is -0.140. The van der Waals surface area contributed by atoms with Gasteiger partial charge in [-0.25, -0.2) is 4.98 Å². The molecule has 1 N–H and O–H groups in total. The van der Waals surface area contributed by atoms with Gasteiger partial charge in [0, 0.05) is 29.6 Å². The fraction of sp³-hybridized carbons (Fsp3) is 0.357. The van der Waals surface area contributed by atoms with Crippen molar-refractivity contribution in [3.63, 3.8) is 0 Å². The van der Waals surface area contributed by atoms with E-state index in [4.69, 9.17) is 0 Å². The van der Waals surface area contributed by atoms with E-state index in [-0.39, 0.29) is 0 Å². The molecule has 0 saturated carbocycles. The van der Waals surface area contributed by atoms with Crippen LogP contribution in [0.15, 0.2) is 24.3 Å². The van der Waals surface area contributed by atoms with Crippen molar-refractivity contribution in [1.29, 1.82) is 0 Å². The third kappa shape index (κ3) is 2.20. The van der Waals surface area contributed by atoms with Crippen molar-refractivity contribution in [3.05, 3.63) is 34.8 Å². The lowest BCUT2D eigenvalue weighted by Crippen LogP contribution is -2.38. The Hall–Kier alpha value is -1.60. The molecule has 3 nitrogen and oxygen atoms in total. The fourth-order valence-electron chi connectivity index (χ4n) is 2.94. The van der Waals surface area contributed by atoms with Crippen LogP contribution < -0.4 is 5.32 Å². The number of alkyl halides is 3. The second-order valence-electron chi connectivity index (χ2n) is 5.29. The lowest BCUT2D eigenvalue weighted by Gasteiger charge is -2.24. The number of nitrogens with one attached hydrogen (secondary N) is 1. The van der Waals surface area contributed by atoms with Crippen molar-refractivity contribution in [2.75, 3.05) is 0 Å². The number of para-hydroxylation sites is 2. The number of aromatic nitrogens is 2. The molecule has 0 amide bonds. The SMILES string of the molecule is FC(F)(F)CC1Cc2c(sc3nc4ccccc4n23)CN1. The monoisotopic (exact) mass is 311 g/mol. The maximum atomic E-state index is 12.6. The number of halogens is 3. The van der Waals surface area contributed by atoms with Crippen LogP contribution in [0.1, 0.15) is 17.0 Å². The van der Waals surface area contributed by atoms with Gasteiger partial charge in [0.2, 0.25) is 0 Å². The van der Waals surface area contributed by atoms with E-state index in [2.05, 4.69) is 10.3 Å². The third-order valence-corrected chi connectivity index (χ3v) is 4.89. The first-order valence-electron chi connectivity index (χ1n) is 6.69. The number of imidazole rings is 1. The van der Waals surface area contributed by atoms with Crippen LogP contribution in [0.3, 0.4) is 0 Å². The minimum Gasteiger partial charge on any atom is -0.308 e. The Labute approximate surface area is 122 Å². The number of hydrogen-bond donors (Lipinski definition) is 1. The highest BCUT2D eigenvalue weighted by Gasteiger charge is 2.34. The number of hydrogen-bond acceptors (Lipinski definition) is 3. The van der Waals surface area contributed by atoms with E-state index < -0.39 is 18.6 Å². The van der Waals surface area contributed by atoms with Gasteiger partial charge in [-0.1, -0.05) is 23.5 Å². The lowest BCUT2D eigenvalue weighted by atomic mass is 10.0. The zero-order valence-corrected chi connectivity index (χ0v) is 11.8. The molecule has 21 heavy (non-hydrogen) atoms. The van der Waals surface area contributed by atoms with Crippen molar-refractivity contribution in [2.45, 2.75) is 31.6 Å². The Balaban J connectivity index is 1.80. The van der Waals surface area contributed by atoms with Gasteiger partial charge in [0.05, 0.1) is 17.5 Å². The number of benzene rings is 1. The molecule has 1 aliphatic heterocycles. The minimum absolute atomic E-state index is 0.384. The Morgan fingerprint density at radius 1 is 1.33 bits per heavy atom. The summed E-state index contributed by atoms with van der Waals surface area (Å²) in [5.41, 5.74) is 2.83. The molecule has 3 heterocycles. The number of fused-ring (bicyclic) bond motifs is 5. The molecule has 0 spiro atoms. The highest BCUT2D eigenvalue weighted by Crippen LogP contribution is 2.33. The summed E-state index contributed by atoms with van der Waals surface area (Å²) in [6, 6.07) is 7.17. The zero-order valence-electron chi connectivity index (χ0n) is 10.9. The summed E-state index contributed by atoms with van der Waals surface area (Å²) in [5.74, 6) is 0. The molecule has 0 radical (unpaired) electrons. The Kier molecular flexibility index (Phi) is 2.77. The molecule has 0 bridgehead atoms. The van der Waals surface area contributed by atoms with E-state index in [9.17, 15) is 13.2 Å². The standard InChI is InChI=1S/C14H12F3N3S/c15-14(16,17)6-8-5-11-12(7-18-8)21-13-19-9-3-1-2-4-10(9)20(11)13/h1-4,8,18H,5-7H2. The summed E-state index contributed by atoms with van der Waals surface area (Å²) in [6.45, 7) is 0.485. The van der Waals surface area contributed by atoms with Crippen LogP contribution in [0.2, 0.25) is 0 Å². The molecule has 1 atom stereocenters. The molecule has 3 aromatic rings. The second-order valence-corrected chi connectivity index (χ2v) is 6.35. The van der Waals surface area contributed by atoms with Crippen LogP contribution in [0.5, 0.6) is 0 Å². The van der Waals surface area contributed by atoms with Gasteiger partial charge < -0.3 is 5.32 Å². The topological polar surface area (TPSA) is 29.3 Å². The zero-order chi connectivity index (χ0) is 14.6. The summed E-state index contributed by atoms with van der Waals surface area (Å²) in [5, 5.41) is 2.98. The van der Waals surface area contributed by atoms with Gasteiger partial charge >= 0.3 is 6.18 Å². The Morgan fingerprint density at radius 2 is 2.14 bits per heavy atom. The van der Waals surface area contributed by atoms with Crippen LogP contribution in [0, 0.1) is 0 Å². The molecule has 0 saturated heterocycles. The average molecular weight is 311 g/mol. The van der Waals surface area contributed by atoms with Crippen LogP contribution in [0.4, 0.5) is 13.2 Å². The summed E-state index contributed by atoms with van der Waals surface area (Å²) in [6.07, 6.45) is -4.55. The van der Waals surface area contributed by atoms with Crippen molar-refractivity contribution in [1.82, 2.24) is 14.7 Å². The molecule has 4 rings (SSSR count). The second kappa shape index (κ2) is 4.45. The molecule has 110 valence electrons. The molecule has 7 heteroatoms. The highest BCUT2D eigenvalue weighted by atomic mass is 32.1. The molecule has 1 aliphatic rings. The first-order valence-corrected chi connectivity index (χ1v) is 7.51. The van der Waals surface area contributed by atoms with Crippen LogP contribution >= 0.6 is 11.3 Å². The predicted octanol–water partition coefficient (Wildman–Crippen LogP) is 3.52. The number of rotatable bonds is 1. The van der Waals surface area contributed by atoms with Crippen LogP contribution in [0.25, 0.3) is 16.0 Å². The predicted molar refractivity (Wildman–Crippen MR) is 75.6 cm³/mol. The maximum Gasteiger partial charge on any atom is 0.390 e. The molecule has 0 fully saturated rings. The average Bonchev–Trinajstić information content (AvgIpc) is 2.92. The van der Waals surface area contributed by atoms with Crippen molar-refractivity contribution < 1.29 is 13.2 Å². The molecule has 1 aromatic carbocycles. The molecular formula is C14H12F3N3S. The Morgan fingerprint density at radius 3 is 2.95 bits per heavy atom. The third-order valence-electron chi connectivity index (χ3n) is 3.81. The quantitative estimate of drug-likeness (QED) is 0.745. The first-order chi connectivity index (χ1) is 10.0. The van der Waals surface area contributed by atoms with Gasteiger partial charge in [-0.3, -0.25) is 4.40 Å². The highest BCUT2D eigenvalue weighted by molar-refractivity contribution is 7.17. The van der Waals surface area contributed by atoms with Crippen LogP contribution in [-0.2, 0) is 13.0 Å². The van der Waals surface area contributed by atoms with Gasteiger partial charge in [-0.05, 0) is 12.1 Å². The molecule has 1 unspecified atom stereocenters. The smallest absolute Gasteiger partial charge is 0.308 e. The van der Waals surface area contributed by atoms with E-state index in [1.54, 1.807) is 11.3 Å². The van der Waals surface area contributed by atoms with Crippen molar-refractivity contribution in [3.8, 4) is 0 Å². The van der Waals surface area contributed by atoms with E-state index in [1.165, 1.54) is 0 Å². The van der Waals surface area contributed by atoms with Crippen molar-refractivity contribution in [2.24, 2.45) is 0 Å². The summed E-state index contributed by atoms with van der Waals surface area (Å²) >= 11 is 1.55. The van der Waals surface area contributed by atoms with Gasteiger partial charge in [0.15, 0.2) is 4.96 Å². The Bertz CT molecular complexity index is 818. The van der Waals surface area contributed by atoms with Crippen molar-refractivity contribution >= 4 is 27.3 Å². The summed E-state index contributed by atoms with van der Waals surface area (Å²) in [7, 11) is 0. The van der Waals surface area contributed by atoms with Gasteiger partial charge in [-0.2, -0.15) is 13.2 Å². The number of thiazole rings is 1. The molecule has 0 aliphatic carbocycles.